The molecule has 0 radical (unpaired) electrons. The van der Waals surface area contributed by atoms with Gasteiger partial charge in [0.05, 0.1) is 23.8 Å². The van der Waals surface area contributed by atoms with Crippen LogP contribution in [-0.2, 0) is 10.5 Å². The maximum atomic E-state index is 15.1. The van der Waals surface area contributed by atoms with Crippen molar-refractivity contribution < 1.29 is 23.8 Å². The number of H-pyrrole nitrogens is 1. The van der Waals surface area contributed by atoms with E-state index in [0.717, 1.165) is 4.90 Å². The van der Waals surface area contributed by atoms with Crippen molar-refractivity contribution in [2.24, 2.45) is 0 Å². The van der Waals surface area contributed by atoms with E-state index in [2.05, 4.69) is 20.0 Å². The van der Waals surface area contributed by atoms with Crippen molar-refractivity contribution in [3.63, 3.8) is 0 Å². The molecule has 1 aliphatic heterocycles. The number of amides is 2. The number of ether oxygens (including phenoxy) is 1. The van der Waals surface area contributed by atoms with Crippen LogP contribution in [0, 0.1) is 12.7 Å². The molecule has 34 heavy (non-hydrogen) atoms. The number of aryl methyl sites for hydroxylation is 1. The quantitative estimate of drug-likeness (QED) is 0.399. The summed E-state index contributed by atoms with van der Waals surface area (Å²) >= 11 is 0. The summed E-state index contributed by atoms with van der Waals surface area (Å²) in [6.07, 6.45) is -0.690. The Morgan fingerprint density at radius 3 is 2.71 bits per heavy atom. The summed E-state index contributed by atoms with van der Waals surface area (Å²) in [5.74, 6) is -0.954. The van der Waals surface area contributed by atoms with Gasteiger partial charge in [0.15, 0.2) is 5.72 Å². The number of benzene rings is 3. The van der Waals surface area contributed by atoms with E-state index in [1.165, 1.54) is 13.2 Å². The van der Waals surface area contributed by atoms with E-state index in [-0.39, 0.29) is 29.6 Å². The third-order valence-electron chi connectivity index (χ3n) is 5.76. The Labute approximate surface area is 199 Å². The SMILES string of the molecule is COC(=O)Nc1nc2ccc(C3(O)c4ccccc4C(=O)N3c3cccc(C)c3F)cc2[nH]1.Cl. The third-order valence-corrected chi connectivity index (χ3v) is 5.76. The number of nitrogens with zero attached hydrogens (tertiary/aromatic N) is 2. The van der Waals surface area contributed by atoms with E-state index in [0.29, 0.717) is 27.7 Å². The number of methoxy groups -OCH3 is 1. The largest absolute Gasteiger partial charge is 0.453 e. The van der Waals surface area contributed by atoms with E-state index in [1.54, 1.807) is 61.5 Å². The number of carbonyl (C=O) groups is 2. The second-order valence-corrected chi connectivity index (χ2v) is 7.70. The first-order valence-corrected chi connectivity index (χ1v) is 10.1. The van der Waals surface area contributed by atoms with Gasteiger partial charge in [-0.25, -0.2) is 14.2 Å². The molecule has 1 aromatic heterocycles. The molecule has 1 unspecified atom stereocenters. The number of hydrogen-bond donors (Lipinski definition) is 3. The van der Waals surface area contributed by atoms with Crippen molar-refractivity contribution in [2.45, 2.75) is 12.6 Å². The molecule has 1 atom stereocenters. The van der Waals surface area contributed by atoms with Crippen LogP contribution < -0.4 is 10.2 Å². The Hall–Kier alpha value is -3.95. The highest BCUT2D eigenvalue weighted by atomic mass is 35.5. The molecule has 0 saturated carbocycles. The molecule has 0 spiro atoms. The molecule has 3 N–H and O–H groups in total. The van der Waals surface area contributed by atoms with Gasteiger partial charge in [0.2, 0.25) is 5.95 Å². The summed E-state index contributed by atoms with van der Waals surface area (Å²) in [4.78, 5) is 33.2. The average Bonchev–Trinajstić information content (AvgIpc) is 3.32. The molecule has 0 saturated heterocycles. The van der Waals surface area contributed by atoms with E-state index in [4.69, 9.17) is 0 Å². The molecule has 4 aromatic rings. The number of aromatic amines is 1. The van der Waals surface area contributed by atoms with Gasteiger partial charge in [-0.05, 0) is 36.8 Å². The Balaban J connectivity index is 0.00000274. The minimum absolute atomic E-state index is 0. The van der Waals surface area contributed by atoms with Crippen molar-refractivity contribution in [2.75, 3.05) is 17.3 Å². The highest BCUT2D eigenvalue weighted by Gasteiger charge is 2.51. The second kappa shape index (κ2) is 8.44. The summed E-state index contributed by atoms with van der Waals surface area (Å²) in [6, 6.07) is 16.2. The molecule has 174 valence electrons. The second-order valence-electron chi connectivity index (χ2n) is 7.70. The molecule has 3 aromatic carbocycles. The van der Waals surface area contributed by atoms with Gasteiger partial charge >= 0.3 is 6.09 Å². The van der Waals surface area contributed by atoms with Crippen molar-refractivity contribution in [3.05, 3.63) is 88.7 Å². The first-order valence-electron chi connectivity index (χ1n) is 10.1. The third kappa shape index (κ3) is 3.37. The lowest BCUT2D eigenvalue weighted by atomic mass is 9.93. The van der Waals surface area contributed by atoms with E-state index >= 15 is 4.39 Å². The number of rotatable bonds is 3. The highest BCUT2D eigenvalue weighted by Crippen LogP contribution is 2.46. The van der Waals surface area contributed by atoms with Crippen molar-refractivity contribution in [1.29, 1.82) is 0 Å². The number of nitrogens with one attached hydrogen (secondary N) is 2. The Bertz CT molecular complexity index is 1440. The van der Waals surface area contributed by atoms with E-state index in [9.17, 15) is 14.7 Å². The van der Waals surface area contributed by atoms with Crippen molar-refractivity contribution >= 4 is 47.1 Å². The number of carbonyl (C=O) groups excluding carboxylic acids is 2. The molecule has 8 nitrogen and oxygen atoms in total. The minimum atomic E-state index is -1.97. The number of fused-ring (bicyclic) bond motifs is 2. The summed E-state index contributed by atoms with van der Waals surface area (Å²) < 4.78 is 19.7. The van der Waals surface area contributed by atoms with Crippen LogP contribution in [0.4, 0.5) is 20.8 Å². The van der Waals surface area contributed by atoms with E-state index in [1.807, 2.05) is 0 Å². The fraction of sp³-hybridized carbons (Fsp3) is 0.125. The van der Waals surface area contributed by atoms with Gasteiger partial charge in [-0.3, -0.25) is 15.0 Å². The zero-order valence-electron chi connectivity index (χ0n) is 18.1. The highest BCUT2D eigenvalue weighted by molar-refractivity contribution is 6.12. The Morgan fingerprint density at radius 2 is 1.94 bits per heavy atom. The van der Waals surface area contributed by atoms with Crippen LogP contribution in [-0.4, -0.2) is 34.2 Å². The fourth-order valence-corrected chi connectivity index (χ4v) is 4.17. The van der Waals surface area contributed by atoms with Crippen LogP contribution in [0.5, 0.6) is 0 Å². The maximum absolute atomic E-state index is 15.1. The first-order chi connectivity index (χ1) is 15.8. The Kier molecular flexibility index (Phi) is 5.76. The number of imidazole rings is 1. The predicted octanol–water partition coefficient (Wildman–Crippen LogP) is 4.46. The molecule has 0 bridgehead atoms. The number of aromatic nitrogens is 2. The number of anilines is 2. The molecule has 0 aliphatic carbocycles. The van der Waals surface area contributed by atoms with Crippen LogP contribution in [0.1, 0.15) is 27.0 Å². The number of aliphatic hydroxyl groups is 1. The molecule has 5 rings (SSSR count). The summed E-state index contributed by atoms with van der Waals surface area (Å²) in [5.41, 5.74) is 0.285. The van der Waals surface area contributed by atoms with E-state index < -0.39 is 23.5 Å². The minimum Gasteiger partial charge on any atom is -0.453 e. The molecule has 2 heterocycles. The summed E-state index contributed by atoms with van der Waals surface area (Å²) in [7, 11) is 1.24. The molecule has 2 amide bonds. The lowest BCUT2D eigenvalue weighted by Gasteiger charge is -2.35. The van der Waals surface area contributed by atoms with Gasteiger partial charge in [0, 0.05) is 16.7 Å². The lowest BCUT2D eigenvalue weighted by molar-refractivity contribution is 0.0699. The normalized spacial score (nSPS) is 16.8. The summed E-state index contributed by atoms with van der Waals surface area (Å²) in [5, 5.41) is 14.5. The van der Waals surface area contributed by atoms with Gasteiger partial charge in [0.25, 0.3) is 5.91 Å². The van der Waals surface area contributed by atoms with Crippen LogP contribution >= 0.6 is 12.4 Å². The van der Waals surface area contributed by atoms with Gasteiger partial charge in [-0.15, -0.1) is 12.4 Å². The van der Waals surface area contributed by atoms with Crippen LogP contribution in [0.3, 0.4) is 0 Å². The smallest absolute Gasteiger partial charge is 0.413 e. The zero-order valence-corrected chi connectivity index (χ0v) is 18.9. The van der Waals surface area contributed by atoms with Gasteiger partial charge in [0.1, 0.15) is 5.82 Å². The molecule has 1 aliphatic rings. The van der Waals surface area contributed by atoms with Gasteiger partial charge < -0.3 is 14.8 Å². The molecule has 0 fully saturated rings. The fourth-order valence-electron chi connectivity index (χ4n) is 4.17. The maximum Gasteiger partial charge on any atom is 0.413 e. The topological polar surface area (TPSA) is 108 Å². The van der Waals surface area contributed by atoms with Crippen LogP contribution in [0.15, 0.2) is 60.7 Å². The van der Waals surface area contributed by atoms with Crippen molar-refractivity contribution in [1.82, 2.24) is 9.97 Å². The standard InChI is InChI=1S/C24H19FN4O4.ClH/c1-13-6-5-9-19(20(13)25)29-21(30)15-7-3-4-8-16(15)24(29,32)14-10-11-17-18(12-14)27-22(26-17)28-23(31)33-2;/h3-12,32H,1-2H3,(H2,26,27,28,31);1H. The number of hydrogen-bond acceptors (Lipinski definition) is 5. The predicted molar refractivity (Wildman–Crippen MR) is 127 cm³/mol. The monoisotopic (exact) mass is 482 g/mol. The first kappa shape index (κ1) is 23.2. The number of halogens is 2. The average molecular weight is 483 g/mol. The van der Waals surface area contributed by atoms with Gasteiger partial charge in [-0.1, -0.05) is 36.4 Å². The molecular weight excluding hydrogens is 463 g/mol. The zero-order chi connectivity index (χ0) is 23.3. The Morgan fingerprint density at radius 1 is 1.18 bits per heavy atom. The van der Waals surface area contributed by atoms with Crippen molar-refractivity contribution in [3.8, 4) is 0 Å². The lowest BCUT2D eigenvalue weighted by Crippen LogP contribution is -2.45. The molecular formula is C24H20ClFN4O4. The van der Waals surface area contributed by atoms with Gasteiger partial charge in [-0.2, -0.15) is 0 Å². The van der Waals surface area contributed by atoms with Crippen LogP contribution in [0.25, 0.3) is 11.0 Å². The molecule has 10 heteroatoms. The van der Waals surface area contributed by atoms with Crippen LogP contribution in [0.2, 0.25) is 0 Å². The summed E-state index contributed by atoms with van der Waals surface area (Å²) in [6.45, 7) is 1.60.